The molecule has 2 rings (SSSR count). The van der Waals surface area contributed by atoms with Crippen LogP contribution >= 0.6 is 0 Å². The van der Waals surface area contributed by atoms with Gasteiger partial charge in [-0.3, -0.25) is 0 Å². The zero-order valence-electron chi connectivity index (χ0n) is 11.8. The first kappa shape index (κ1) is 15.1. The van der Waals surface area contributed by atoms with Crippen molar-refractivity contribution in [3.05, 3.63) is 23.8 Å². The number of carbonyl (C=O) groups is 2. The van der Waals surface area contributed by atoms with Gasteiger partial charge in [-0.2, -0.15) is 0 Å². The normalized spacial score (nSPS) is 15.6. The summed E-state index contributed by atoms with van der Waals surface area (Å²) in [4.78, 5) is 24.9. The molecular formula is C14H19N3O4. The van der Waals surface area contributed by atoms with Gasteiger partial charge in [-0.15, -0.1) is 0 Å². The second kappa shape index (κ2) is 6.45. The van der Waals surface area contributed by atoms with Crippen LogP contribution < -0.4 is 15.8 Å². The molecule has 21 heavy (non-hydrogen) atoms. The van der Waals surface area contributed by atoms with Gasteiger partial charge >= 0.3 is 12.0 Å². The molecule has 2 amide bonds. The Bertz CT molecular complexity index is 539. The molecule has 0 spiro atoms. The second-order valence-corrected chi connectivity index (χ2v) is 4.97. The second-order valence-electron chi connectivity index (χ2n) is 4.97. The van der Waals surface area contributed by atoms with Crippen LogP contribution in [0.5, 0.6) is 5.75 Å². The molecular weight excluding hydrogens is 274 g/mol. The van der Waals surface area contributed by atoms with Gasteiger partial charge in [0, 0.05) is 19.1 Å². The molecule has 0 aromatic heterocycles. The summed E-state index contributed by atoms with van der Waals surface area (Å²) in [5.41, 5.74) is 6.24. The topological polar surface area (TPSA) is 105 Å². The van der Waals surface area contributed by atoms with E-state index >= 15 is 0 Å². The number of rotatable bonds is 3. The van der Waals surface area contributed by atoms with Gasteiger partial charge in [-0.1, -0.05) is 0 Å². The van der Waals surface area contributed by atoms with Crippen LogP contribution in [-0.2, 0) is 0 Å². The number of ether oxygens (including phenoxy) is 1. The number of piperidine rings is 1. The average molecular weight is 293 g/mol. The lowest BCUT2D eigenvalue weighted by Gasteiger charge is -2.30. The number of anilines is 1. The van der Waals surface area contributed by atoms with Crippen molar-refractivity contribution in [1.29, 1.82) is 0 Å². The summed E-state index contributed by atoms with van der Waals surface area (Å²) in [5, 5.41) is 11.7. The van der Waals surface area contributed by atoms with Crippen molar-refractivity contribution in [3.63, 3.8) is 0 Å². The van der Waals surface area contributed by atoms with Gasteiger partial charge in [-0.25, -0.2) is 9.59 Å². The van der Waals surface area contributed by atoms with Crippen molar-refractivity contribution in [2.75, 3.05) is 25.5 Å². The summed E-state index contributed by atoms with van der Waals surface area (Å²) in [6.45, 7) is 1.18. The first-order valence-electron chi connectivity index (χ1n) is 6.74. The van der Waals surface area contributed by atoms with Crippen LogP contribution in [0.2, 0.25) is 0 Å². The van der Waals surface area contributed by atoms with E-state index in [2.05, 4.69) is 5.32 Å². The van der Waals surface area contributed by atoms with Crippen LogP contribution in [0.25, 0.3) is 0 Å². The van der Waals surface area contributed by atoms with Crippen molar-refractivity contribution in [1.82, 2.24) is 4.90 Å². The molecule has 0 bridgehead atoms. The molecule has 1 aliphatic rings. The number of urea groups is 1. The van der Waals surface area contributed by atoms with Crippen LogP contribution in [0.4, 0.5) is 10.5 Å². The van der Waals surface area contributed by atoms with Gasteiger partial charge in [0.2, 0.25) is 0 Å². The highest BCUT2D eigenvalue weighted by molar-refractivity contribution is 5.94. The predicted molar refractivity (Wildman–Crippen MR) is 77.8 cm³/mol. The highest BCUT2D eigenvalue weighted by Crippen LogP contribution is 2.26. The monoisotopic (exact) mass is 293 g/mol. The summed E-state index contributed by atoms with van der Waals surface area (Å²) in [7, 11) is 1.46. The molecule has 0 unspecified atom stereocenters. The number of hydrogen-bond donors (Lipinski definition) is 3. The number of aromatic carboxylic acids is 1. The van der Waals surface area contributed by atoms with E-state index in [1.807, 2.05) is 0 Å². The lowest BCUT2D eigenvalue weighted by molar-refractivity contribution is 0.0697. The molecule has 1 fully saturated rings. The summed E-state index contributed by atoms with van der Waals surface area (Å²) in [5.74, 6) is -0.640. The third-order valence-corrected chi connectivity index (χ3v) is 3.51. The molecule has 7 nitrogen and oxygen atoms in total. The Hall–Kier alpha value is -2.28. The van der Waals surface area contributed by atoms with Crippen molar-refractivity contribution in [2.45, 2.75) is 18.9 Å². The van der Waals surface area contributed by atoms with Gasteiger partial charge in [0.25, 0.3) is 0 Å². The van der Waals surface area contributed by atoms with Gasteiger partial charge in [0.15, 0.2) is 0 Å². The fourth-order valence-corrected chi connectivity index (χ4v) is 2.24. The molecule has 0 saturated carbocycles. The lowest BCUT2D eigenvalue weighted by atomic mass is 10.1. The maximum Gasteiger partial charge on any atom is 0.335 e. The Morgan fingerprint density at radius 2 is 2.05 bits per heavy atom. The van der Waals surface area contributed by atoms with Gasteiger partial charge in [-0.05, 0) is 31.0 Å². The van der Waals surface area contributed by atoms with Gasteiger partial charge < -0.3 is 25.8 Å². The number of carboxylic acid groups (broad SMARTS) is 1. The van der Waals surface area contributed by atoms with Crippen LogP contribution in [-0.4, -0.2) is 48.2 Å². The first-order valence-corrected chi connectivity index (χ1v) is 6.74. The van der Waals surface area contributed by atoms with Gasteiger partial charge in [0.05, 0.1) is 18.4 Å². The summed E-state index contributed by atoms with van der Waals surface area (Å²) < 4.78 is 5.14. The molecule has 7 heteroatoms. The Morgan fingerprint density at radius 3 is 2.62 bits per heavy atom. The number of hydrogen-bond acceptors (Lipinski definition) is 4. The SMILES string of the molecule is COc1ccc(C(=O)O)cc1NC(=O)N1CCC(N)CC1. The highest BCUT2D eigenvalue weighted by Gasteiger charge is 2.21. The number of nitrogens with two attached hydrogens (primary N) is 1. The minimum Gasteiger partial charge on any atom is -0.495 e. The molecule has 0 radical (unpaired) electrons. The van der Waals surface area contributed by atoms with E-state index in [-0.39, 0.29) is 17.6 Å². The van der Waals surface area contributed by atoms with E-state index in [4.69, 9.17) is 15.6 Å². The van der Waals surface area contributed by atoms with Crippen LogP contribution in [0.15, 0.2) is 18.2 Å². The van der Waals surface area contributed by atoms with Crippen LogP contribution in [0.1, 0.15) is 23.2 Å². The number of carboxylic acids is 1. The molecule has 1 aliphatic heterocycles. The van der Waals surface area contributed by atoms with E-state index < -0.39 is 5.97 Å². The molecule has 1 aromatic rings. The Labute approximate surface area is 122 Å². The van der Waals surface area contributed by atoms with Crippen molar-refractivity contribution in [2.24, 2.45) is 5.73 Å². The molecule has 0 aliphatic carbocycles. The molecule has 0 atom stereocenters. The fourth-order valence-electron chi connectivity index (χ4n) is 2.24. The Kier molecular flexibility index (Phi) is 4.64. The average Bonchev–Trinajstić information content (AvgIpc) is 2.47. The van der Waals surface area contributed by atoms with Crippen molar-refractivity contribution in [3.8, 4) is 5.75 Å². The number of benzene rings is 1. The number of carbonyl (C=O) groups excluding carboxylic acids is 1. The fraction of sp³-hybridized carbons (Fsp3) is 0.429. The molecule has 114 valence electrons. The zero-order chi connectivity index (χ0) is 15.4. The van der Waals surface area contributed by atoms with E-state index in [9.17, 15) is 9.59 Å². The molecule has 4 N–H and O–H groups in total. The summed E-state index contributed by atoms with van der Waals surface area (Å²) >= 11 is 0. The number of methoxy groups -OCH3 is 1. The first-order chi connectivity index (χ1) is 10.0. The van der Waals surface area contributed by atoms with E-state index in [1.165, 1.54) is 25.3 Å². The summed E-state index contributed by atoms with van der Waals surface area (Å²) in [6.07, 6.45) is 1.53. The quantitative estimate of drug-likeness (QED) is 0.780. The minimum absolute atomic E-state index is 0.0896. The molecule has 1 saturated heterocycles. The third kappa shape index (κ3) is 3.63. The number of nitrogens with zero attached hydrogens (tertiary/aromatic N) is 1. The van der Waals surface area contributed by atoms with E-state index in [0.717, 1.165) is 12.8 Å². The number of amides is 2. The lowest BCUT2D eigenvalue weighted by Crippen LogP contribution is -2.44. The zero-order valence-corrected chi connectivity index (χ0v) is 11.8. The highest BCUT2D eigenvalue weighted by atomic mass is 16.5. The smallest absolute Gasteiger partial charge is 0.335 e. The molecule has 1 aromatic carbocycles. The number of nitrogens with one attached hydrogen (secondary N) is 1. The third-order valence-electron chi connectivity index (χ3n) is 3.51. The number of likely N-dealkylation sites (tertiary alicyclic amines) is 1. The Morgan fingerprint density at radius 1 is 1.38 bits per heavy atom. The van der Waals surface area contributed by atoms with Gasteiger partial charge in [0.1, 0.15) is 5.75 Å². The predicted octanol–water partition coefficient (Wildman–Crippen LogP) is 1.35. The standard InChI is InChI=1S/C14H19N3O4/c1-21-12-3-2-9(13(18)19)8-11(12)16-14(20)17-6-4-10(15)5-7-17/h2-3,8,10H,4-7,15H2,1H3,(H,16,20)(H,18,19). The summed E-state index contributed by atoms with van der Waals surface area (Å²) in [6, 6.07) is 4.19. The van der Waals surface area contributed by atoms with Crippen LogP contribution in [0.3, 0.4) is 0 Å². The Balaban J connectivity index is 2.12. The van der Waals surface area contributed by atoms with Crippen LogP contribution in [0, 0.1) is 0 Å². The maximum atomic E-state index is 12.2. The maximum absolute atomic E-state index is 12.2. The van der Waals surface area contributed by atoms with Crippen molar-refractivity contribution < 1.29 is 19.4 Å². The minimum atomic E-state index is -1.06. The van der Waals surface area contributed by atoms with E-state index in [1.54, 1.807) is 4.90 Å². The largest absolute Gasteiger partial charge is 0.495 e. The van der Waals surface area contributed by atoms with E-state index in [0.29, 0.717) is 24.5 Å². The molecule has 1 heterocycles. The van der Waals surface area contributed by atoms with Crippen molar-refractivity contribution >= 4 is 17.7 Å².